The second-order valence-corrected chi connectivity index (χ2v) is 10.8. The third-order valence-corrected chi connectivity index (χ3v) is 7.22. The Labute approximate surface area is 170 Å². The number of anilines is 2. The number of sulfone groups is 1. The van der Waals surface area contributed by atoms with Gasteiger partial charge in [-0.05, 0) is 38.1 Å². The molecule has 7 nitrogen and oxygen atoms in total. The summed E-state index contributed by atoms with van der Waals surface area (Å²) in [4.78, 5) is 1.15. The summed E-state index contributed by atoms with van der Waals surface area (Å²) in [7, 11) is -7.99. The number of halogens is 1. The Morgan fingerprint density at radius 1 is 1.00 bits per heavy atom. The van der Waals surface area contributed by atoms with E-state index in [1.807, 2.05) is 18.7 Å². The Morgan fingerprint density at radius 3 is 2.14 bits per heavy atom. The summed E-state index contributed by atoms with van der Waals surface area (Å²) < 4.78 is 71.9. The molecule has 1 heterocycles. The van der Waals surface area contributed by atoms with E-state index in [1.165, 1.54) is 36.4 Å². The van der Waals surface area contributed by atoms with E-state index in [2.05, 4.69) is 4.72 Å². The highest BCUT2D eigenvalue weighted by Crippen LogP contribution is 2.28. The lowest BCUT2D eigenvalue weighted by Gasteiger charge is -2.37. The van der Waals surface area contributed by atoms with Gasteiger partial charge in [-0.25, -0.2) is 21.2 Å². The van der Waals surface area contributed by atoms with Gasteiger partial charge in [0.15, 0.2) is 9.84 Å². The van der Waals surface area contributed by atoms with E-state index in [-0.39, 0.29) is 27.7 Å². The van der Waals surface area contributed by atoms with Gasteiger partial charge in [0.1, 0.15) is 10.7 Å². The van der Waals surface area contributed by atoms with Crippen LogP contribution in [0.15, 0.2) is 52.3 Å². The zero-order chi connectivity index (χ0) is 21.4. The average molecular weight is 443 g/mol. The number of ether oxygens (including phenoxy) is 1. The fraction of sp³-hybridized carbons (Fsp3) is 0.368. The maximum absolute atomic E-state index is 14.7. The minimum atomic E-state index is -4.23. The number of nitrogens with zero attached hydrogens (tertiary/aromatic N) is 1. The van der Waals surface area contributed by atoms with E-state index in [1.54, 1.807) is 0 Å². The Bertz CT molecular complexity index is 1110. The van der Waals surface area contributed by atoms with Crippen LogP contribution in [-0.2, 0) is 24.6 Å². The average Bonchev–Trinajstić information content (AvgIpc) is 2.60. The third-order valence-electron chi connectivity index (χ3n) is 4.50. The summed E-state index contributed by atoms with van der Waals surface area (Å²) in [5.74, 6) is -0.581. The minimum Gasteiger partial charge on any atom is -0.372 e. The smallest absolute Gasteiger partial charge is 0.263 e. The maximum atomic E-state index is 14.7. The van der Waals surface area contributed by atoms with Crippen LogP contribution in [-0.4, -0.2) is 48.4 Å². The summed E-state index contributed by atoms with van der Waals surface area (Å²) in [6.07, 6.45) is 0.827. The Kier molecular flexibility index (Phi) is 5.88. The predicted molar refractivity (Wildman–Crippen MR) is 109 cm³/mol. The van der Waals surface area contributed by atoms with Crippen molar-refractivity contribution in [3.05, 3.63) is 48.3 Å². The van der Waals surface area contributed by atoms with E-state index in [0.717, 1.165) is 12.3 Å². The molecule has 1 aliphatic rings. The Hall–Kier alpha value is -2.17. The first-order valence-corrected chi connectivity index (χ1v) is 12.4. The summed E-state index contributed by atoms with van der Waals surface area (Å²) in [5.41, 5.74) is 0.357. The maximum Gasteiger partial charge on any atom is 0.263 e. The normalized spacial score (nSPS) is 20.5. The van der Waals surface area contributed by atoms with Crippen LogP contribution >= 0.6 is 0 Å². The van der Waals surface area contributed by atoms with Crippen LogP contribution in [0.1, 0.15) is 13.8 Å². The monoisotopic (exact) mass is 442 g/mol. The number of morpholine rings is 1. The number of sulfonamides is 1. The van der Waals surface area contributed by atoms with Crippen molar-refractivity contribution in [2.45, 2.75) is 35.8 Å². The first kappa shape index (κ1) is 21.5. The van der Waals surface area contributed by atoms with Crippen molar-refractivity contribution in [3.63, 3.8) is 0 Å². The van der Waals surface area contributed by atoms with Crippen molar-refractivity contribution in [2.24, 2.45) is 0 Å². The molecule has 10 heteroatoms. The molecule has 158 valence electrons. The number of hydrogen-bond donors (Lipinski definition) is 1. The van der Waals surface area contributed by atoms with Gasteiger partial charge in [0.25, 0.3) is 10.0 Å². The van der Waals surface area contributed by atoms with Crippen LogP contribution in [0, 0.1) is 5.82 Å². The number of nitrogens with one attached hydrogen (secondary N) is 1. The van der Waals surface area contributed by atoms with Crippen LogP contribution in [0.25, 0.3) is 0 Å². The summed E-state index contributed by atoms with van der Waals surface area (Å²) in [5, 5.41) is 0. The van der Waals surface area contributed by atoms with Gasteiger partial charge in [-0.3, -0.25) is 4.72 Å². The van der Waals surface area contributed by atoms with Crippen LogP contribution in [0.5, 0.6) is 0 Å². The lowest BCUT2D eigenvalue weighted by molar-refractivity contribution is -0.00539. The molecule has 2 unspecified atom stereocenters. The molecule has 0 aromatic heterocycles. The zero-order valence-electron chi connectivity index (χ0n) is 16.3. The number of benzene rings is 2. The molecular formula is C19H23FN2O5S2. The van der Waals surface area contributed by atoms with E-state index in [0.29, 0.717) is 18.8 Å². The topological polar surface area (TPSA) is 92.8 Å². The molecule has 0 bridgehead atoms. The van der Waals surface area contributed by atoms with Gasteiger partial charge in [-0.15, -0.1) is 0 Å². The molecule has 1 saturated heterocycles. The zero-order valence-corrected chi connectivity index (χ0v) is 17.9. The third kappa shape index (κ3) is 4.88. The largest absolute Gasteiger partial charge is 0.372 e. The lowest BCUT2D eigenvalue weighted by atomic mass is 10.2. The molecule has 0 amide bonds. The van der Waals surface area contributed by atoms with Crippen molar-refractivity contribution < 1.29 is 26.0 Å². The van der Waals surface area contributed by atoms with Crippen molar-refractivity contribution in [1.82, 2.24) is 0 Å². The van der Waals surface area contributed by atoms with Crippen molar-refractivity contribution in [2.75, 3.05) is 29.0 Å². The first-order chi connectivity index (χ1) is 13.5. The van der Waals surface area contributed by atoms with Crippen molar-refractivity contribution in [3.8, 4) is 0 Å². The van der Waals surface area contributed by atoms with Crippen molar-refractivity contribution in [1.29, 1.82) is 0 Å². The minimum absolute atomic E-state index is 0.00362. The molecule has 1 aliphatic heterocycles. The Morgan fingerprint density at radius 2 is 1.59 bits per heavy atom. The Balaban J connectivity index is 1.89. The number of hydrogen-bond acceptors (Lipinski definition) is 6. The quantitative estimate of drug-likeness (QED) is 0.765. The highest BCUT2D eigenvalue weighted by Gasteiger charge is 2.26. The highest BCUT2D eigenvalue weighted by atomic mass is 32.2. The molecule has 3 rings (SSSR count). The SMILES string of the molecule is CC1CN(c2ccc(NS(=O)(=O)c3ccccc3S(C)(=O)=O)cc2F)CC(C)O1. The first-order valence-electron chi connectivity index (χ1n) is 8.99. The van der Waals surface area contributed by atoms with Gasteiger partial charge in [-0.1, -0.05) is 12.1 Å². The molecule has 29 heavy (non-hydrogen) atoms. The van der Waals surface area contributed by atoms with E-state index < -0.39 is 25.7 Å². The summed E-state index contributed by atoms with van der Waals surface area (Å²) >= 11 is 0. The van der Waals surface area contributed by atoms with E-state index in [4.69, 9.17) is 4.74 Å². The summed E-state index contributed by atoms with van der Waals surface area (Å²) in [6.45, 7) is 4.85. The van der Waals surface area contributed by atoms with E-state index in [9.17, 15) is 21.2 Å². The van der Waals surface area contributed by atoms with Gasteiger partial charge in [0.05, 0.1) is 28.5 Å². The van der Waals surface area contributed by atoms with Crippen LogP contribution in [0.3, 0.4) is 0 Å². The lowest BCUT2D eigenvalue weighted by Crippen LogP contribution is -2.45. The van der Waals surface area contributed by atoms with Gasteiger partial charge in [0, 0.05) is 25.4 Å². The molecule has 0 spiro atoms. The fourth-order valence-corrected chi connectivity index (χ4v) is 6.07. The second kappa shape index (κ2) is 7.92. The molecule has 0 radical (unpaired) electrons. The van der Waals surface area contributed by atoms with Crippen LogP contribution in [0.4, 0.5) is 15.8 Å². The standard InChI is InChI=1S/C19H23FN2O5S2/c1-13-11-22(12-14(2)27-13)17-9-8-15(10-16(17)20)21-29(25,26)19-7-5-4-6-18(19)28(3,23)24/h4-10,13-14,21H,11-12H2,1-3H3. The molecule has 2 aromatic carbocycles. The van der Waals surface area contributed by atoms with Crippen molar-refractivity contribution >= 4 is 31.2 Å². The highest BCUT2D eigenvalue weighted by molar-refractivity contribution is 7.95. The second-order valence-electron chi connectivity index (χ2n) is 7.15. The van der Waals surface area contributed by atoms with E-state index >= 15 is 0 Å². The molecule has 1 N–H and O–H groups in total. The molecule has 0 aliphatic carbocycles. The van der Waals surface area contributed by atoms with Gasteiger partial charge in [0.2, 0.25) is 0 Å². The van der Waals surface area contributed by atoms with Crippen LogP contribution in [0.2, 0.25) is 0 Å². The molecular weight excluding hydrogens is 419 g/mol. The van der Waals surface area contributed by atoms with Gasteiger partial charge in [-0.2, -0.15) is 0 Å². The number of rotatable bonds is 5. The summed E-state index contributed by atoms with van der Waals surface area (Å²) in [6, 6.07) is 9.31. The molecule has 2 atom stereocenters. The van der Waals surface area contributed by atoms with Crippen LogP contribution < -0.4 is 9.62 Å². The predicted octanol–water partition coefficient (Wildman–Crippen LogP) is 2.64. The van der Waals surface area contributed by atoms with Gasteiger partial charge < -0.3 is 9.64 Å². The molecule has 0 saturated carbocycles. The molecule has 2 aromatic rings. The fourth-order valence-electron chi connectivity index (χ4n) is 3.39. The molecule has 1 fully saturated rings. The van der Waals surface area contributed by atoms with Gasteiger partial charge >= 0.3 is 0 Å².